The number of allylic oxidation sites excluding steroid dienone is 1. The summed E-state index contributed by atoms with van der Waals surface area (Å²) in [7, 11) is 3.86. The molecule has 4 heteroatoms. The van der Waals surface area contributed by atoms with Crippen molar-refractivity contribution in [2.45, 2.75) is 25.7 Å². The van der Waals surface area contributed by atoms with Crippen molar-refractivity contribution in [3.63, 3.8) is 0 Å². The van der Waals surface area contributed by atoms with Crippen molar-refractivity contribution in [1.82, 2.24) is 10.3 Å². The van der Waals surface area contributed by atoms with Crippen LogP contribution in [-0.4, -0.2) is 31.5 Å². The maximum absolute atomic E-state index is 12.0. The smallest absolute Gasteiger partial charge is 0.253 e. The predicted molar refractivity (Wildman–Crippen MR) is 77.4 cm³/mol. The zero-order chi connectivity index (χ0) is 13.7. The molecule has 2 rings (SSSR count). The highest BCUT2D eigenvalue weighted by Gasteiger charge is 2.08. The second-order valence-electron chi connectivity index (χ2n) is 5.09. The van der Waals surface area contributed by atoms with Gasteiger partial charge in [-0.15, -0.1) is 0 Å². The average Bonchev–Trinajstić information content (AvgIpc) is 2.46. The van der Waals surface area contributed by atoms with Gasteiger partial charge in [-0.3, -0.25) is 4.79 Å². The summed E-state index contributed by atoms with van der Waals surface area (Å²) in [4.78, 5) is 18.1. The van der Waals surface area contributed by atoms with Crippen molar-refractivity contribution < 1.29 is 4.79 Å². The van der Waals surface area contributed by atoms with Crippen LogP contribution in [0.5, 0.6) is 0 Å². The van der Waals surface area contributed by atoms with Gasteiger partial charge < -0.3 is 10.2 Å². The molecule has 102 valence electrons. The van der Waals surface area contributed by atoms with Gasteiger partial charge in [-0.25, -0.2) is 4.98 Å². The summed E-state index contributed by atoms with van der Waals surface area (Å²) in [6.45, 7) is 0.661. The molecule has 0 bridgehead atoms. The van der Waals surface area contributed by atoms with E-state index in [1.54, 1.807) is 6.20 Å². The van der Waals surface area contributed by atoms with E-state index in [9.17, 15) is 4.79 Å². The number of aromatic nitrogens is 1. The fourth-order valence-electron chi connectivity index (χ4n) is 2.15. The summed E-state index contributed by atoms with van der Waals surface area (Å²) in [5.74, 6) is 0.802. The Bertz CT molecular complexity index is 463. The standard InChI is InChI=1S/C15H21N3O/c1-18(2)14-9-8-13(11-16-14)15(19)17-10-12-6-4-3-5-7-12/h6,8-9,11H,3-5,7,10H2,1-2H3,(H,17,19). The summed E-state index contributed by atoms with van der Waals surface area (Å²) < 4.78 is 0. The van der Waals surface area contributed by atoms with Crippen LogP contribution in [0.15, 0.2) is 30.0 Å². The molecular weight excluding hydrogens is 238 g/mol. The quantitative estimate of drug-likeness (QED) is 0.844. The Morgan fingerprint density at radius 1 is 1.37 bits per heavy atom. The highest BCUT2D eigenvalue weighted by Crippen LogP contribution is 2.16. The van der Waals surface area contributed by atoms with E-state index in [1.165, 1.54) is 18.4 Å². The summed E-state index contributed by atoms with van der Waals surface area (Å²) in [5.41, 5.74) is 1.96. The van der Waals surface area contributed by atoms with E-state index < -0.39 is 0 Å². The van der Waals surface area contributed by atoms with Gasteiger partial charge >= 0.3 is 0 Å². The normalized spacial score (nSPS) is 14.7. The van der Waals surface area contributed by atoms with Gasteiger partial charge in [0, 0.05) is 26.8 Å². The van der Waals surface area contributed by atoms with Crippen LogP contribution in [0.3, 0.4) is 0 Å². The van der Waals surface area contributed by atoms with Crippen LogP contribution >= 0.6 is 0 Å². The fourth-order valence-corrected chi connectivity index (χ4v) is 2.15. The number of pyridine rings is 1. The number of nitrogens with zero attached hydrogens (tertiary/aromatic N) is 2. The predicted octanol–water partition coefficient (Wildman–Crippen LogP) is 2.38. The Hall–Kier alpha value is -1.84. The number of carbonyl (C=O) groups is 1. The van der Waals surface area contributed by atoms with Gasteiger partial charge in [0.05, 0.1) is 5.56 Å². The van der Waals surface area contributed by atoms with Crippen LogP contribution in [0.4, 0.5) is 5.82 Å². The Morgan fingerprint density at radius 2 is 2.21 bits per heavy atom. The van der Waals surface area contributed by atoms with Crippen LogP contribution in [-0.2, 0) is 0 Å². The van der Waals surface area contributed by atoms with E-state index >= 15 is 0 Å². The zero-order valence-electron chi connectivity index (χ0n) is 11.6. The van der Waals surface area contributed by atoms with Crippen molar-refractivity contribution >= 4 is 11.7 Å². The Morgan fingerprint density at radius 3 is 2.79 bits per heavy atom. The first-order valence-electron chi connectivity index (χ1n) is 6.76. The van der Waals surface area contributed by atoms with Crippen LogP contribution in [0.2, 0.25) is 0 Å². The third kappa shape index (κ3) is 3.81. The van der Waals surface area contributed by atoms with E-state index in [-0.39, 0.29) is 5.91 Å². The molecule has 0 saturated carbocycles. The molecule has 0 saturated heterocycles. The van der Waals surface area contributed by atoms with E-state index in [0.29, 0.717) is 12.1 Å². The Kier molecular flexibility index (Phi) is 4.55. The lowest BCUT2D eigenvalue weighted by molar-refractivity contribution is 0.0956. The Labute approximate surface area is 114 Å². The minimum absolute atomic E-state index is 0.0516. The van der Waals surface area contributed by atoms with Crippen molar-refractivity contribution in [3.8, 4) is 0 Å². The first-order chi connectivity index (χ1) is 9.16. The molecule has 1 aromatic rings. The molecule has 1 N–H and O–H groups in total. The second-order valence-corrected chi connectivity index (χ2v) is 5.09. The molecule has 0 fully saturated rings. The van der Waals surface area contributed by atoms with Crippen LogP contribution in [0, 0.1) is 0 Å². The maximum Gasteiger partial charge on any atom is 0.253 e. The van der Waals surface area contributed by atoms with Crippen molar-refractivity contribution in [3.05, 3.63) is 35.5 Å². The molecule has 0 atom stereocenters. The fraction of sp³-hybridized carbons (Fsp3) is 0.467. The largest absolute Gasteiger partial charge is 0.363 e. The molecule has 19 heavy (non-hydrogen) atoms. The summed E-state index contributed by atoms with van der Waals surface area (Å²) in [6.07, 6.45) is 8.63. The minimum atomic E-state index is -0.0516. The van der Waals surface area contributed by atoms with E-state index in [1.807, 2.05) is 31.1 Å². The molecule has 1 amide bonds. The number of carbonyl (C=O) groups excluding carboxylic acids is 1. The highest BCUT2D eigenvalue weighted by molar-refractivity contribution is 5.94. The average molecular weight is 259 g/mol. The van der Waals surface area contributed by atoms with Gasteiger partial charge in [-0.2, -0.15) is 0 Å². The van der Waals surface area contributed by atoms with Crippen LogP contribution in [0.1, 0.15) is 36.0 Å². The van der Waals surface area contributed by atoms with Crippen molar-refractivity contribution in [1.29, 1.82) is 0 Å². The van der Waals surface area contributed by atoms with Crippen molar-refractivity contribution in [2.24, 2.45) is 0 Å². The van der Waals surface area contributed by atoms with Gasteiger partial charge in [0.1, 0.15) is 5.82 Å². The highest BCUT2D eigenvalue weighted by atomic mass is 16.1. The number of amides is 1. The first-order valence-corrected chi connectivity index (χ1v) is 6.76. The Balaban J connectivity index is 1.90. The van der Waals surface area contributed by atoms with Gasteiger partial charge in [0.25, 0.3) is 5.91 Å². The third-order valence-electron chi connectivity index (χ3n) is 3.33. The summed E-state index contributed by atoms with van der Waals surface area (Å²) in [5, 5.41) is 2.96. The van der Waals surface area contributed by atoms with Gasteiger partial charge in [0.15, 0.2) is 0 Å². The molecule has 0 aliphatic heterocycles. The van der Waals surface area contributed by atoms with Gasteiger partial charge in [0.2, 0.25) is 0 Å². The molecule has 1 aliphatic carbocycles. The number of rotatable bonds is 4. The lowest BCUT2D eigenvalue weighted by Crippen LogP contribution is -2.26. The molecule has 4 nitrogen and oxygen atoms in total. The molecule has 0 spiro atoms. The second kappa shape index (κ2) is 6.36. The van der Waals surface area contributed by atoms with E-state index in [0.717, 1.165) is 18.7 Å². The van der Waals surface area contributed by atoms with Crippen LogP contribution in [0.25, 0.3) is 0 Å². The number of nitrogens with one attached hydrogen (secondary N) is 1. The van der Waals surface area contributed by atoms with Gasteiger partial charge in [-0.05, 0) is 37.8 Å². The number of anilines is 1. The minimum Gasteiger partial charge on any atom is -0.363 e. The van der Waals surface area contributed by atoms with Crippen molar-refractivity contribution in [2.75, 3.05) is 25.5 Å². The summed E-state index contributed by atoms with van der Waals surface area (Å²) in [6, 6.07) is 3.67. The van der Waals surface area contributed by atoms with E-state index in [2.05, 4.69) is 16.4 Å². The summed E-state index contributed by atoms with van der Waals surface area (Å²) >= 11 is 0. The molecular formula is C15H21N3O. The van der Waals surface area contributed by atoms with E-state index in [4.69, 9.17) is 0 Å². The third-order valence-corrected chi connectivity index (χ3v) is 3.33. The SMILES string of the molecule is CN(C)c1ccc(C(=O)NCC2=CCCCC2)cn1. The number of hydrogen-bond acceptors (Lipinski definition) is 3. The lowest BCUT2D eigenvalue weighted by atomic mass is 10.00. The first kappa shape index (κ1) is 13.6. The molecule has 0 radical (unpaired) electrons. The maximum atomic E-state index is 12.0. The monoisotopic (exact) mass is 259 g/mol. The zero-order valence-corrected chi connectivity index (χ0v) is 11.6. The van der Waals surface area contributed by atoms with Crippen LogP contribution < -0.4 is 10.2 Å². The molecule has 1 aromatic heterocycles. The lowest BCUT2D eigenvalue weighted by Gasteiger charge is -2.14. The number of hydrogen-bond donors (Lipinski definition) is 1. The molecule has 0 unspecified atom stereocenters. The molecule has 1 aliphatic rings. The topological polar surface area (TPSA) is 45.2 Å². The molecule has 1 heterocycles. The van der Waals surface area contributed by atoms with Gasteiger partial charge in [-0.1, -0.05) is 11.6 Å². The molecule has 0 aromatic carbocycles.